The maximum atomic E-state index is 4.06. The van der Waals surface area contributed by atoms with Gasteiger partial charge in [0.2, 0.25) is 0 Å². The Bertz CT molecular complexity index is 328. The molecule has 3 heteroatoms. The topological polar surface area (TPSA) is 36.4 Å². The van der Waals surface area contributed by atoms with Crippen molar-refractivity contribution in [1.82, 2.24) is 10.6 Å². The molecule has 0 aliphatic carbocycles. The van der Waals surface area contributed by atoms with E-state index in [-0.39, 0.29) is 0 Å². The molecular weight excluding hydrogens is 198 g/mol. The van der Waals surface area contributed by atoms with Gasteiger partial charge >= 0.3 is 0 Å². The maximum Gasteiger partial charge on any atom is 0.190 e. The first-order valence-corrected chi connectivity index (χ1v) is 5.76. The van der Waals surface area contributed by atoms with Gasteiger partial charge in [-0.2, -0.15) is 0 Å². The van der Waals surface area contributed by atoms with Gasteiger partial charge in [0.15, 0.2) is 5.96 Å². The lowest BCUT2D eigenvalue weighted by molar-refractivity contribution is 0.833. The highest BCUT2D eigenvalue weighted by Crippen LogP contribution is 2.05. The predicted molar refractivity (Wildman–Crippen MR) is 69.9 cm³/mol. The van der Waals surface area contributed by atoms with Crippen molar-refractivity contribution in [1.29, 1.82) is 0 Å². The third-order valence-electron chi connectivity index (χ3n) is 2.60. The Morgan fingerprint density at radius 3 is 2.31 bits per heavy atom. The Balaban J connectivity index is 2.37. The molecule has 0 spiro atoms. The van der Waals surface area contributed by atoms with Crippen LogP contribution in [-0.4, -0.2) is 26.6 Å². The minimum atomic E-state index is 0.838. The molecule has 0 unspecified atom stereocenters. The number of hydrogen-bond donors (Lipinski definition) is 2. The van der Waals surface area contributed by atoms with Crippen molar-refractivity contribution in [3.8, 4) is 0 Å². The van der Waals surface area contributed by atoms with Crippen LogP contribution in [0.15, 0.2) is 29.3 Å². The molecule has 0 fully saturated rings. The van der Waals surface area contributed by atoms with Gasteiger partial charge in [0, 0.05) is 20.6 Å². The van der Waals surface area contributed by atoms with E-state index >= 15 is 0 Å². The summed E-state index contributed by atoms with van der Waals surface area (Å²) in [6, 6.07) is 8.79. The van der Waals surface area contributed by atoms with Crippen LogP contribution >= 0.6 is 0 Å². The van der Waals surface area contributed by atoms with Crippen molar-refractivity contribution in [2.75, 3.05) is 20.6 Å². The zero-order chi connectivity index (χ0) is 11.8. The van der Waals surface area contributed by atoms with Gasteiger partial charge in [0.25, 0.3) is 0 Å². The van der Waals surface area contributed by atoms with Gasteiger partial charge in [-0.1, -0.05) is 31.2 Å². The van der Waals surface area contributed by atoms with Crippen LogP contribution in [0.2, 0.25) is 0 Å². The molecular formula is C13H21N3. The highest BCUT2D eigenvalue weighted by molar-refractivity contribution is 5.79. The third kappa shape index (κ3) is 3.93. The van der Waals surface area contributed by atoms with Gasteiger partial charge in [0.1, 0.15) is 0 Å². The summed E-state index contributed by atoms with van der Waals surface area (Å²) in [6.07, 6.45) is 2.12. The zero-order valence-corrected chi connectivity index (χ0v) is 10.4. The van der Waals surface area contributed by atoms with E-state index in [0.717, 1.165) is 25.3 Å². The molecule has 1 aromatic rings. The average molecular weight is 219 g/mol. The quantitative estimate of drug-likeness (QED) is 0.596. The molecule has 88 valence electrons. The van der Waals surface area contributed by atoms with Crippen molar-refractivity contribution in [3.63, 3.8) is 0 Å². The highest BCUT2D eigenvalue weighted by Gasteiger charge is 1.95. The number of guanidine groups is 1. The summed E-state index contributed by atoms with van der Waals surface area (Å²) in [5, 5.41) is 6.23. The maximum absolute atomic E-state index is 4.06. The molecule has 0 heterocycles. The molecule has 1 rings (SSSR count). The van der Waals surface area contributed by atoms with Gasteiger partial charge in [-0.05, 0) is 24.0 Å². The van der Waals surface area contributed by atoms with E-state index in [9.17, 15) is 0 Å². The molecule has 1 aromatic carbocycles. The fourth-order valence-electron chi connectivity index (χ4n) is 1.55. The van der Waals surface area contributed by atoms with E-state index in [1.54, 1.807) is 7.05 Å². The second kappa shape index (κ2) is 6.88. The van der Waals surface area contributed by atoms with Crippen LogP contribution < -0.4 is 10.6 Å². The first-order valence-electron chi connectivity index (χ1n) is 5.76. The lowest BCUT2D eigenvalue weighted by atomic mass is 10.1. The molecule has 0 aliphatic heterocycles. The molecule has 2 N–H and O–H groups in total. The van der Waals surface area contributed by atoms with Crippen molar-refractivity contribution < 1.29 is 0 Å². The third-order valence-corrected chi connectivity index (χ3v) is 2.60. The van der Waals surface area contributed by atoms with Gasteiger partial charge < -0.3 is 10.6 Å². The van der Waals surface area contributed by atoms with Crippen LogP contribution in [0, 0.1) is 0 Å². The second-order valence-electron chi connectivity index (χ2n) is 3.67. The number of nitrogens with zero attached hydrogens (tertiary/aromatic N) is 1. The lowest BCUT2D eigenvalue weighted by Crippen LogP contribution is -2.35. The van der Waals surface area contributed by atoms with E-state index in [2.05, 4.69) is 46.8 Å². The van der Waals surface area contributed by atoms with Crippen LogP contribution in [0.5, 0.6) is 0 Å². The van der Waals surface area contributed by atoms with E-state index in [1.807, 2.05) is 7.05 Å². The monoisotopic (exact) mass is 219 g/mol. The van der Waals surface area contributed by atoms with E-state index < -0.39 is 0 Å². The van der Waals surface area contributed by atoms with Crippen molar-refractivity contribution in [3.05, 3.63) is 35.4 Å². The van der Waals surface area contributed by atoms with Gasteiger partial charge in [-0.25, -0.2) is 0 Å². The van der Waals surface area contributed by atoms with Gasteiger partial charge in [-0.3, -0.25) is 4.99 Å². The summed E-state index contributed by atoms with van der Waals surface area (Å²) in [5.41, 5.74) is 2.75. The van der Waals surface area contributed by atoms with Crippen LogP contribution in [0.1, 0.15) is 18.1 Å². The zero-order valence-electron chi connectivity index (χ0n) is 10.4. The normalized spacial score (nSPS) is 11.3. The molecule has 0 saturated heterocycles. The first kappa shape index (κ1) is 12.6. The summed E-state index contributed by atoms with van der Waals surface area (Å²) in [4.78, 5) is 4.06. The number of aryl methyl sites for hydroxylation is 1. The Morgan fingerprint density at radius 1 is 1.19 bits per heavy atom. The molecule has 0 saturated carbocycles. The number of hydrogen-bond acceptors (Lipinski definition) is 1. The number of aliphatic imine (C=N–C) groups is 1. The van der Waals surface area contributed by atoms with Gasteiger partial charge in [0.05, 0.1) is 0 Å². The molecule has 0 radical (unpaired) electrons. The van der Waals surface area contributed by atoms with Crippen LogP contribution in [0.4, 0.5) is 0 Å². The number of nitrogens with one attached hydrogen (secondary N) is 2. The Hall–Kier alpha value is -1.51. The lowest BCUT2D eigenvalue weighted by Gasteiger charge is -2.08. The molecule has 0 aliphatic rings. The molecule has 0 amide bonds. The highest BCUT2D eigenvalue weighted by atomic mass is 15.1. The van der Waals surface area contributed by atoms with Crippen LogP contribution in [0.3, 0.4) is 0 Å². The molecule has 0 atom stereocenters. The number of rotatable bonds is 4. The minimum Gasteiger partial charge on any atom is -0.359 e. The molecule has 16 heavy (non-hydrogen) atoms. The summed E-state index contributed by atoms with van der Waals surface area (Å²) in [5.74, 6) is 0.838. The molecule has 0 bridgehead atoms. The van der Waals surface area contributed by atoms with Crippen LogP contribution in [0.25, 0.3) is 0 Å². The minimum absolute atomic E-state index is 0.838. The van der Waals surface area contributed by atoms with Gasteiger partial charge in [-0.15, -0.1) is 0 Å². The summed E-state index contributed by atoms with van der Waals surface area (Å²) >= 11 is 0. The summed E-state index contributed by atoms with van der Waals surface area (Å²) in [6.45, 7) is 3.08. The largest absolute Gasteiger partial charge is 0.359 e. The summed E-state index contributed by atoms with van der Waals surface area (Å²) in [7, 11) is 3.64. The standard InChI is InChI=1S/C13H21N3/c1-4-11-5-7-12(8-6-11)9-10-16-13(14-2)15-3/h5-8H,4,9-10H2,1-3H3,(H2,14,15,16). The van der Waals surface area contributed by atoms with Crippen molar-refractivity contribution in [2.45, 2.75) is 19.8 Å². The number of benzene rings is 1. The first-order chi connectivity index (χ1) is 7.80. The fraction of sp³-hybridized carbons (Fsp3) is 0.462. The van der Waals surface area contributed by atoms with E-state index in [4.69, 9.17) is 0 Å². The Labute approximate surface area is 98.0 Å². The van der Waals surface area contributed by atoms with E-state index in [0.29, 0.717) is 0 Å². The predicted octanol–water partition coefficient (Wildman–Crippen LogP) is 1.59. The smallest absolute Gasteiger partial charge is 0.190 e. The molecule has 0 aromatic heterocycles. The fourth-order valence-corrected chi connectivity index (χ4v) is 1.55. The Morgan fingerprint density at radius 2 is 1.81 bits per heavy atom. The molecule has 3 nitrogen and oxygen atoms in total. The van der Waals surface area contributed by atoms with Crippen LogP contribution in [-0.2, 0) is 12.8 Å². The van der Waals surface area contributed by atoms with E-state index in [1.165, 1.54) is 11.1 Å². The second-order valence-corrected chi connectivity index (χ2v) is 3.67. The van der Waals surface area contributed by atoms with Crippen molar-refractivity contribution in [2.24, 2.45) is 4.99 Å². The van der Waals surface area contributed by atoms with Crippen molar-refractivity contribution >= 4 is 5.96 Å². The average Bonchev–Trinajstić information content (AvgIpc) is 2.35. The summed E-state index contributed by atoms with van der Waals surface area (Å²) < 4.78 is 0. The SMILES string of the molecule is CCc1ccc(CCNC(=NC)NC)cc1. The Kier molecular flexibility index (Phi) is 5.40.